The molecule has 1 aliphatic heterocycles. The summed E-state index contributed by atoms with van der Waals surface area (Å²) in [5, 5.41) is 3.26. The van der Waals surface area contributed by atoms with Crippen LogP contribution in [-0.4, -0.2) is 43.3 Å². The summed E-state index contributed by atoms with van der Waals surface area (Å²) in [7, 11) is 0. The largest absolute Gasteiger partial charge is 0.449 e. The van der Waals surface area contributed by atoms with Crippen molar-refractivity contribution in [3.63, 3.8) is 0 Å². The summed E-state index contributed by atoms with van der Waals surface area (Å²) in [5.74, 6) is 0.398. The third kappa shape index (κ3) is 3.70. The van der Waals surface area contributed by atoms with E-state index in [1.165, 1.54) is 0 Å². The van der Waals surface area contributed by atoms with Gasteiger partial charge in [-0.2, -0.15) is 0 Å². The number of hydrogen-bond donors (Lipinski definition) is 1. The summed E-state index contributed by atoms with van der Waals surface area (Å²) in [6, 6.07) is 0.315. The minimum Gasteiger partial charge on any atom is -0.449 e. The molecule has 0 aromatic rings. The van der Waals surface area contributed by atoms with Gasteiger partial charge >= 0.3 is 6.09 Å². The fourth-order valence-corrected chi connectivity index (χ4v) is 1.76. The van der Waals surface area contributed by atoms with E-state index in [1.54, 1.807) is 0 Å². The average Bonchev–Trinajstić information content (AvgIpc) is 2.69. The maximum absolute atomic E-state index is 11.7. The third-order valence-electron chi connectivity index (χ3n) is 2.59. The molecular formula is C11H22N2O2. The van der Waals surface area contributed by atoms with Crippen molar-refractivity contribution in [3.8, 4) is 0 Å². The lowest BCUT2D eigenvalue weighted by atomic mass is 10.2. The van der Waals surface area contributed by atoms with E-state index in [-0.39, 0.29) is 6.09 Å². The normalized spacial score (nSPS) is 20.7. The van der Waals surface area contributed by atoms with Gasteiger partial charge in [0.05, 0.1) is 6.61 Å². The van der Waals surface area contributed by atoms with Gasteiger partial charge in [0.15, 0.2) is 0 Å². The van der Waals surface area contributed by atoms with E-state index in [0.717, 1.165) is 26.1 Å². The van der Waals surface area contributed by atoms with Crippen LogP contribution in [0.25, 0.3) is 0 Å². The van der Waals surface area contributed by atoms with Crippen molar-refractivity contribution in [2.45, 2.75) is 33.2 Å². The number of nitrogens with zero attached hydrogens (tertiary/aromatic N) is 1. The number of likely N-dealkylation sites (N-methyl/N-ethyl adjacent to an activating group) is 1. The van der Waals surface area contributed by atoms with Crippen LogP contribution in [0.15, 0.2) is 0 Å². The Kier molecular flexibility index (Phi) is 4.88. The molecule has 88 valence electrons. The Balaban J connectivity index is 2.39. The van der Waals surface area contributed by atoms with Gasteiger partial charge in [-0.05, 0) is 25.8 Å². The van der Waals surface area contributed by atoms with Crippen molar-refractivity contribution in [1.29, 1.82) is 0 Å². The number of nitrogens with one attached hydrogen (secondary N) is 1. The first-order chi connectivity index (χ1) is 7.15. The topological polar surface area (TPSA) is 41.6 Å². The van der Waals surface area contributed by atoms with Crippen molar-refractivity contribution >= 4 is 6.09 Å². The van der Waals surface area contributed by atoms with Crippen LogP contribution in [0.4, 0.5) is 4.79 Å². The molecule has 15 heavy (non-hydrogen) atoms. The minimum atomic E-state index is -0.167. The highest BCUT2D eigenvalue weighted by Crippen LogP contribution is 2.10. The summed E-state index contributed by atoms with van der Waals surface area (Å²) in [4.78, 5) is 13.6. The van der Waals surface area contributed by atoms with Crippen LogP contribution in [0.1, 0.15) is 27.2 Å². The lowest BCUT2D eigenvalue weighted by Gasteiger charge is -2.26. The molecule has 1 rings (SSSR count). The molecule has 0 radical (unpaired) electrons. The first-order valence-electron chi connectivity index (χ1n) is 5.79. The zero-order chi connectivity index (χ0) is 11.3. The molecule has 0 saturated carbocycles. The zero-order valence-corrected chi connectivity index (χ0v) is 9.95. The SMILES string of the molecule is CCN(C(=O)OCC(C)C)C1CCNC1. The maximum atomic E-state index is 11.7. The molecule has 0 aromatic heterocycles. The second-order valence-corrected chi connectivity index (χ2v) is 4.40. The number of rotatable bonds is 4. The van der Waals surface area contributed by atoms with Gasteiger partial charge in [-0.15, -0.1) is 0 Å². The Morgan fingerprint density at radius 2 is 2.33 bits per heavy atom. The van der Waals surface area contributed by atoms with E-state index in [4.69, 9.17) is 4.74 Å². The smallest absolute Gasteiger partial charge is 0.410 e. The molecule has 0 spiro atoms. The molecule has 0 aliphatic carbocycles. The molecule has 1 fully saturated rings. The lowest BCUT2D eigenvalue weighted by molar-refractivity contribution is 0.0819. The summed E-state index contributed by atoms with van der Waals surface area (Å²) in [5.41, 5.74) is 0. The number of amides is 1. The fraction of sp³-hybridized carbons (Fsp3) is 0.909. The Morgan fingerprint density at radius 3 is 2.80 bits per heavy atom. The highest BCUT2D eigenvalue weighted by Gasteiger charge is 2.26. The van der Waals surface area contributed by atoms with E-state index in [0.29, 0.717) is 18.6 Å². The van der Waals surface area contributed by atoms with Crippen LogP contribution in [0.5, 0.6) is 0 Å². The molecule has 1 aliphatic rings. The van der Waals surface area contributed by atoms with Crippen LogP contribution >= 0.6 is 0 Å². The zero-order valence-electron chi connectivity index (χ0n) is 9.95. The average molecular weight is 214 g/mol. The Labute approximate surface area is 92.0 Å². The Morgan fingerprint density at radius 1 is 1.60 bits per heavy atom. The van der Waals surface area contributed by atoms with Crippen molar-refractivity contribution in [2.75, 3.05) is 26.2 Å². The summed E-state index contributed by atoms with van der Waals surface area (Å²) in [6.07, 6.45) is 0.866. The summed E-state index contributed by atoms with van der Waals surface area (Å²) < 4.78 is 5.23. The molecule has 4 heteroatoms. The van der Waals surface area contributed by atoms with Crippen molar-refractivity contribution in [3.05, 3.63) is 0 Å². The van der Waals surface area contributed by atoms with Crippen molar-refractivity contribution in [1.82, 2.24) is 10.2 Å². The highest BCUT2D eigenvalue weighted by molar-refractivity contribution is 5.68. The first-order valence-corrected chi connectivity index (χ1v) is 5.79. The second-order valence-electron chi connectivity index (χ2n) is 4.40. The molecule has 4 nitrogen and oxygen atoms in total. The van der Waals surface area contributed by atoms with Gasteiger partial charge in [-0.1, -0.05) is 13.8 Å². The molecular weight excluding hydrogens is 192 g/mol. The summed E-state index contributed by atoms with van der Waals surface area (Å²) in [6.45, 7) is 9.21. The van der Waals surface area contributed by atoms with Crippen LogP contribution in [0.3, 0.4) is 0 Å². The monoisotopic (exact) mass is 214 g/mol. The molecule has 1 N–H and O–H groups in total. The van der Waals surface area contributed by atoms with Gasteiger partial charge in [0, 0.05) is 19.1 Å². The van der Waals surface area contributed by atoms with E-state index in [1.807, 2.05) is 25.7 Å². The van der Waals surface area contributed by atoms with E-state index in [2.05, 4.69) is 5.32 Å². The second kappa shape index (κ2) is 5.95. The number of carbonyl (C=O) groups excluding carboxylic acids is 1. The van der Waals surface area contributed by atoms with Crippen molar-refractivity contribution < 1.29 is 9.53 Å². The number of ether oxygens (including phenoxy) is 1. The molecule has 1 saturated heterocycles. The summed E-state index contributed by atoms with van der Waals surface area (Å²) >= 11 is 0. The predicted molar refractivity (Wildman–Crippen MR) is 59.8 cm³/mol. The van der Waals surface area contributed by atoms with Crippen LogP contribution in [0, 0.1) is 5.92 Å². The molecule has 0 aromatic carbocycles. The quantitative estimate of drug-likeness (QED) is 0.770. The lowest BCUT2D eigenvalue weighted by Crippen LogP contribution is -2.42. The maximum Gasteiger partial charge on any atom is 0.410 e. The molecule has 1 heterocycles. The van der Waals surface area contributed by atoms with Gasteiger partial charge in [-0.3, -0.25) is 0 Å². The van der Waals surface area contributed by atoms with Gasteiger partial charge < -0.3 is 15.0 Å². The molecule has 1 atom stereocenters. The molecule has 0 bridgehead atoms. The molecule has 1 amide bonds. The van der Waals surface area contributed by atoms with Gasteiger partial charge in [0.25, 0.3) is 0 Å². The first kappa shape index (κ1) is 12.3. The molecule has 1 unspecified atom stereocenters. The fourth-order valence-electron chi connectivity index (χ4n) is 1.76. The van der Waals surface area contributed by atoms with Crippen molar-refractivity contribution in [2.24, 2.45) is 5.92 Å². The standard InChI is InChI=1S/C11H22N2O2/c1-4-13(10-5-6-12-7-10)11(14)15-8-9(2)3/h9-10,12H,4-8H2,1-3H3. The third-order valence-corrected chi connectivity index (χ3v) is 2.59. The van der Waals surface area contributed by atoms with Crippen LogP contribution in [0.2, 0.25) is 0 Å². The van der Waals surface area contributed by atoms with Crippen LogP contribution < -0.4 is 5.32 Å². The van der Waals surface area contributed by atoms with Gasteiger partial charge in [0.2, 0.25) is 0 Å². The van der Waals surface area contributed by atoms with E-state index in [9.17, 15) is 4.79 Å². The Hall–Kier alpha value is -0.770. The van der Waals surface area contributed by atoms with Gasteiger partial charge in [0.1, 0.15) is 0 Å². The minimum absolute atomic E-state index is 0.167. The van der Waals surface area contributed by atoms with Gasteiger partial charge in [-0.25, -0.2) is 4.79 Å². The van der Waals surface area contributed by atoms with Crippen LogP contribution in [-0.2, 0) is 4.74 Å². The van der Waals surface area contributed by atoms with E-state index >= 15 is 0 Å². The number of carbonyl (C=O) groups is 1. The van der Waals surface area contributed by atoms with E-state index < -0.39 is 0 Å². The highest BCUT2D eigenvalue weighted by atomic mass is 16.6. The predicted octanol–water partition coefficient (Wildman–Crippen LogP) is 1.46. The Bertz CT molecular complexity index is 201. The number of hydrogen-bond acceptors (Lipinski definition) is 3.